The van der Waals surface area contributed by atoms with Gasteiger partial charge in [-0.25, -0.2) is 132 Å². The van der Waals surface area contributed by atoms with Gasteiger partial charge in [0.15, 0.2) is 105 Å². The van der Waals surface area contributed by atoms with Crippen molar-refractivity contribution in [3.05, 3.63) is 255 Å². The number of rotatable bonds is 10. The molecular formula is C55H16B2F30N4. The third-order valence-electron chi connectivity index (χ3n) is 13.6. The number of anilines is 1. The molecule has 0 fully saturated rings. The summed E-state index contributed by atoms with van der Waals surface area (Å²) in [7, 11) is 0. The van der Waals surface area contributed by atoms with E-state index in [1.807, 2.05) is 0 Å². The number of hydrogen-bond donors (Lipinski definition) is 1. The molecule has 8 aromatic carbocycles. The van der Waals surface area contributed by atoms with Crippen LogP contribution < -0.4 is 38.1 Å². The first-order valence-electron chi connectivity index (χ1n) is 24.0. The summed E-state index contributed by atoms with van der Waals surface area (Å²) in [5, 5.41) is 2.42. The molecule has 0 bridgehead atoms. The van der Waals surface area contributed by atoms with E-state index in [9.17, 15) is 26.3 Å². The monoisotopic (exact) mass is 1320 g/mol. The van der Waals surface area contributed by atoms with Gasteiger partial charge in [0.25, 0.3) is 0 Å². The minimum atomic E-state index is -6.54. The molecule has 8 aromatic rings. The van der Waals surface area contributed by atoms with E-state index in [1.165, 1.54) is 0 Å². The third-order valence-corrected chi connectivity index (χ3v) is 13.6. The van der Waals surface area contributed by atoms with Crippen LogP contribution in [0.5, 0.6) is 0 Å². The lowest BCUT2D eigenvalue weighted by Crippen LogP contribution is -2.71. The Bertz CT molecular complexity index is 4190. The lowest BCUT2D eigenvalue weighted by molar-refractivity contribution is 0.379. The molecule has 0 aromatic heterocycles. The van der Waals surface area contributed by atoms with E-state index in [0.717, 1.165) is 56.3 Å². The summed E-state index contributed by atoms with van der Waals surface area (Å²) in [6, 6.07) is 9.70. The largest absolute Gasteiger partial charge is 0.496 e. The van der Waals surface area contributed by atoms with Crippen molar-refractivity contribution in [1.82, 2.24) is 0 Å². The second-order valence-corrected chi connectivity index (χ2v) is 18.8. The Kier molecular flexibility index (Phi) is 17.9. The van der Waals surface area contributed by atoms with Crippen molar-refractivity contribution in [3.8, 4) is 12.1 Å². The van der Waals surface area contributed by atoms with Crippen LogP contribution in [-0.4, -0.2) is 18.3 Å². The summed E-state index contributed by atoms with van der Waals surface area (Å²) in [6.07, 6.45) is -12.2. The second kappa shape index (κ2) is 24.4. The van der Waals surface area contributed by atoms with Gasteiger partial charge in [-0.3, -0.25) is 4.99 Å². The fourth-order valence-corrected chi connectivity index (χ4v) is 9.66. The molecule has 0 aliphatic carbocycles. The quantitative estimate of drug-likeness (QED) is 0.0478. The van der Waals surface area contributed by atoms with Crippen LogP contribution >= 0.6 is 0 Å². The highest BCUT2D eigenvalue weighted by atomic mass is 19.2. The van der Waals surface area contributed by atoms with Crippen molar-refractivity contribution < 1.29 is 132 Å². The fraction of sp³-hybridized carbons (Fsp3) is 0.0364. The highest BCUT2D eigenvalue weighted by Gasteiger charge is 2.61. The number of allylic oxidation sites excluding steroid dienone is 2. The predicted molar refractivity (Wildman–Crippen MR) is 262 cm³/mol. The van der Waals surface area contributed by atoms with Gasteiger partial charge in [-0.1, -0.05) is 24.3 Å². The van der Waals surface area contributed by atoms with Crippen LogP contribution in [0.2, 0.25) is 0 Å². The average molecular weight is 1320 g/mol. The number of para-hydroxylation sites is 2. The zero-order chi connectivity index (χ0) is 67.9. The van der Waals surface area contributed by atoms with Gasteiger partial charge in [0.2, 0.25) is 12.1 Å². The van der Waals surface area contributed by atoms with Gasteiger partial charge in [0.05, 0.1) is 11.4 Å². The first kappa shape index (κ1) is 66.9. The highest BCUT2D eigenvalue weighted by Crippen LogP contribution is 2.33. The van der Waals surface area contributed by atoms with Crippen LogP contribution in [0, 0.1) is 187 Å². The SMILES string of the molecule is CC(=CC(C)=Nc1ccccc1C#[N+][B-](c1c(F)c(F)c(F)c(F)c1F)(c1c(F)c(F)c(F)c(F)c1F)c1c(F)c(F)c(F)c(F)c1F)Nc1ccccc1C#[N+][B-](c1c(F)c(F)c(F)c(F)c1F)(c1c(F)c(F)c(F)c(F)c1F)c1c(F)c(F)c(F)c(F)c1F. The van der Waals surface area contributed by atoms with Gasteiger partial charge in [0.1, 0.15) is 80.9 Å². The molecule has 4 nitrogen and oxygen atoms in total. The molecule has 0 atom stereocenters. The Labute approximate surface area is 485 Å². The van der Waals surface area contributed by atoms with E-state index < -0.39 is 254 Å². The summed E-state index contributed by atoms with van der Waals surface area (Å²) >= 11 is 0. The van der Waals surface area contributed by atoms with E-state index in [0.29, 0.717) is 12.1 Å². The Morgan fingerprint density at radius 2 is 0.516 bits per heavy atom. The molecule has 0 amide bonds. The van der Waals surface area contributed by atoms with Crippen molar-refractivity contribution >= 4 is 62.4 Å². The second-order valence-electron chi connectivity index (χ2n) is 18.8. The normalized spacial score (nSPS) is 12.1. The molecule has 472 valence electrons. The molecule has 36 heteroatoms. The summed E-state index contributed by atoms with van der Waals surface area (Å²) < 4.78 is 468. The number of benzene rings is 8. The number of halogens is 30. The van der Waals surface area contributed by atoms with E-state index in [1.54, 1.807) is 12.1 Å². The van der Waals surface area contributed by atoms with Crippen molar-refractivity contribution in [2.24, 2.45) is 4.99 Å². The maximum Gasteiger partial charge on any atom is 0.496 e. The fourth-order valence-electron chi connectivity index (χ4n) is 9.66. The van der Waals surface area contributed by atoms with Crippen molar-refractivity contribution in [2.45, 2.75) is 13.8 Å². The zero-order valence-electron chi connectivity index (χ0n) is 43.5. The summed E-state index contributed by atoms with van der Waals surface area (Å²) in [5.41, 5.74) is -23.1. The molecule has 91 heavy (non-hydrogen) atoms. The van der Waals surface area contributed by atoms with Gasteiger partial charge >= 0.3 is 12.6 Å². The molecule has 0 unspecified atom stereocenters. The lowest BCUT2D eigenvalue weighted by atomic mass is 9.24. The maximum absolute atomic E-state index is 16.1. The van der Waals surface area contributed by atoms with Crippen LogP contribution in [0.15, 0.2) is 65.3 Å². The van der Waals surface area contributed by atoms with E-state index in [4.69, 9.17) is 0 Å². The number of aliphatic imine (C=N–C) groups is 1. The minimum Gasteiger partial charge on any atom is -0.358 e. The zero-order valence-corrected chi connectivity index (χ0v) is 43.5. The predicted octanol–water partition coefficient (Wildman–Crippen LogP) is 13.7. The average Bonchev–Trinajstić information content (AvgIpc) is 0.708. The Hall–Kier alpha value is -10.0. The molecule has 8 rings (SSSR count). The molecule has 0 saturated carbocycles. The van der Waals surface area contributed by atoms with Crippen molar-refractivity contribution in [1.29, 1.82) is 0 Å². The molecule has 1 N–H and O–H groups in total. The van der Waals surface area contributed by atoms with Gasteiger partial charge in [-0.2, -0.15) is 0 Å². The van der Waals surface area contributed by atoms with Crippen LogP contribution in [0.3, 0.4) is 0 Å². The first-order valence-corrected chi connectivity index (χ1v) is 24.0. The van der Waals surface area contributed by atoms with Gasteiger partial charge < -0.3 is 14.8 Å². The molecular weight excluding hydrogens is 1310 g/mol. The van der Waals surface area contributed by atoms with Crippen LogP contribution in [0.25, 0.3) is 9.51 Å². The molecule has 0 radical (unpaired) electrons. The van der Waals surface area contributed by atoms with Crippen LogP contribution in [0.4, 0.5) is 143 Å². The lowest BCUT2D eigenvalue weighted by Gasteiger charge is -2.29. The summed E-state index contributed by atoms with van der Waals surface area (Å²) in [5.74, 6) is -100. The molecule has 0 aliphatic heterocycles. The molecule has 0 heterocycles. The van der Waals surface area contributed by atoms with Gasteiger partial charge in [-0.05, 0) is 77.0 Å². The Balaban J connectivity index is 1.37. The maximum atomic E-state index is 16.1. The standard InChI is InChI=1S/C55H16B2F30N4/c1-14(90-18-9-5-3-7-16(18)12-88-56(20-26(58)38(70)50(82)39(71)27(20)59,21-28(60)40(72)51(83)41(73)29(21)61)22-30(62)42(74)52(84)43(75)31(22)63)11-15(2)91-19-10-6-4-8-17(19)13-89-57(23-32(64)44(76)53(85)45(77)33(23)65,24-34(66)46(78)54(86)47(79)35(24)67)25-36(68)48(80)55(87)49(81)37(25)69/h3-11,90H,1-2H3. The topological polar surface area (TPSA) is 33.1 Å². The summed E-state index contributed by atoms with van der Waals surface area (Å²) in [4.78, 5) is 4.01. The summed E-state index contributed by atoms with van der Waals surface area (Å²) in [6.45, 7) is 1.95. The van der Waals surface area contributed by atoms with E-state index in [2.05, 4.69) is 19.8 Å². The first-order chi connectivity index (χ1) is 42.5. The van der Waals surface area contributed by atoms with Gasteiger partial charge in [0, 0.05) is 11.4 Å². The van der Waals surface area contributed by atoms with Crippen molar-refractivity contribution in [2.75, 3.05) is 5.32 Å². The number of nitrogens with one attached hydrogen (secondary N) is 1. The van der Waals surface area contributed by atoms with Crippen LogP contribution in [-0.2, 0) is 0 Å². The third kappa shape index (κ3) is 10.4. The van der Waals surface area contributed by atoms with E-state index >= 15 is 105 Å². The molecule has 0 spiro atoms. The molecule has 0 aliphatic rings. The number of hydrogen-bond acceptors (Lipinski definition) is 2. The highest BCUT2D eigenvalue weighted by molar-refractivity contribution is 7.14. The Morgan fingerprint density at radius 1 is 0.308 bits per heavy atom. The van der Waals surface area contributed by atoms with E-state index in [-0.39, 0.29) is 0 Å². The van der Waals surface area contributed by atoms with Gasteiger partial charge in [-0.15, -0.1) is 0 Å². The smallest absolute Gasteiger partial charge is 0.358 e. The Morgan fingerprint density at radius 3 is 0.780 bits per heavy atom. The minimum absolute atomic E-state index is 0.395. The number of nitrogens with zero attached hydrogens (tertiary/aromatic N) is 3. The van der Waals surface area contributed by atoms with Crippen molar-refractivity contribution in [3.63, 3.8) is 0 Å². The van der Waals surface area contributed by atoms with Crippen LogP contribution in [0.1, 0.15) is 25.0 Å². The molecule has 0 saturated heterocycles.